The Hall–Kier alpha value is -2.62. The van der Waals surface area contributed by atoms with Crippen molar-refractivity contribution in [2.75, 3.05) is 19.9 Å². The van der Waals surface area contributed by atoms with Gasteiger partial charge in [0.25, 0.3) is 0 Å². The second kappa shape index (κ2) is 7.57. The normalized spacial score (nSPS) is 19.2. The van der Waals surface area contributed by atoms with Crippen LogP contribution in [0.25, 0.3) is 11.5 Å². The van der Waals surface area contributed by atoms with Crippen LogP contribution in [0, 0.1) is 0 Å². The lowest BCUT2D eigenvalue weighted by molar-refractivity contribution is 0.174. The van der Waals surface area contributed by atoms with Gasteiger partial charge >= 0.3 is 0 Å². The minimum atomic E-state index is -3.62. The summed E-state index contributed by atoms with van der Waals surface area (Å²) in [6.45, 7) is 0.923. The number of ether oxygens (including phenoxy) is 2. The molecule has 0 saturated carbocycles. The predicted octanol–water partition coefficient (Wildman–Crippen LogP) is 3.69. The van der Waals surface area contributed by atoms with Gasteiger partial charge in [0.05, 0.1) is 10.8 Å². The molecule has 1 aromatic heterocycles. The predicted molar refractivity (Wildman–Crippen MR) is 108 cm³/mol. The van der Waals surface area contributed by atoms with Crippen LogP contribution >= 0.6 is 11.6 Å². The van der Waals surface area contributed by atoms with E-state index >= 15 is 0 Å². The third-order valence-electron chi connectivity index (χ3n) is 5.24. The third-order valence-corrected chi connectivity index (χ3v) is 7.38. The first-order valence-corrected chi connectivity index (χ1v) is 11.3. The zero-order chi connectivity index (χ0) is 20.7. The Balaban J connectivity index is 1.36. The van der Waals surface area contributed by atoms with E-state index in [1.807, 2.05) is 6.07 Å². The second-order valence-corrected chi connectivity index (χ2v) is 9.54. The van der Waals surface area contributed by atoms with Gasteiger partial charge in [0.2, 0.25) is 28.6 Å². The van der Waals surface area contributed by atoms with Gasteiger partial charge in [0, 0.05) is 23.7 Å². The molecule has 1 unspecified atom stereocenters. The summed E-state index contributed by atoms with van der Waals surface area (Å²) in [6.07, 6.45) is 1.48. The van der Waals surface area contributed by atoms with Crippen molar-refractivity contribution in [3.63, 3.8) is 0 Å². The summed E-state index contributed by atoms with van der Waals surface area (Å²) in [5.41, 5.74) is 0.722. The van der Waals surface area contributed by atoms with Gasteiger partial charge in [0.1, 0.15) is 0 Å². The van der Waals surface area contributed by atoms with Gasteiger partial charge in [-0.25, -0.2) is 8.42 Å². The number of hydrogen-bond donors (Lipinski definition) is 0. The van der Waals surface area contributed by atoms with Crippen LogP contribution in [-0.4, -0.2) is 42.8 Å². The van der Waals surface area contributed by atoms with Crippen molar-refractivity contribution < 1.29 is 22.3 Å². The van der Waals surface area contributed by atoms with Crippen molar-refractivity contribution in [1.29, 1.82) is 0 Å². The molecule has 30 heavy (non-hydrogen) atoms. The SMILES string of the molecule is O=S(=O)(c1ccc(Cl)cc1)N1CCCC(c2nnc(-c3ccc4c(c3)OCO4)o2)C1. The molecular weight excluding hydrogens is 430 g/mol. The van der Waals surface area contributed by atoms with E-state index in [1.54, 1.807) is 24.3 Å². The first-order chi connectivity index (χ1) is 14.5. The Morgan fingerprint density at radius 3 is 2.67 bits per heavy atom. The summed E-state index contributed by atoms with van der Waals surface area (Å²) in [5.74, 6) is 1.93. The fourth-order valence-corrected chi connectivity index (χ4v) is 5.31. The summed E-state index contributed by atoms with van der Waals surface area (Å²) in [6, 6.07) is 11.6. The number of benzene rings is 2. The fraction of sp³-hybridized carbons (Fsp3) is 0.300. The van der Waals surface area contributed by atoms with Gasteiger partial charge in [-0.15, -0.1) is 10.2 Å². The number of nitrogens with zero attached hydrogens (tertiary/aromatic N) is 3. The van der Waals surface area contributed by atoms with E-state index in [1.165, 1.54) is 16.4 Å². The molecule has 2 aromatic carbocycles. The van der Waals surface area contributed by atoms with E-state index in [0.29, 0.717) is 41.3 Å². The van der Waals surface area contributed by atoms with Crippen LogP contribution in [0.5, 0.6) is 11.5 Å². The fourth-order valence-electron chi connectivity index (χ4n) is 3.66. The third kappa shape index (κ3) is 3.53. The highest BCUT2D eigenvalue weighted by molar-refractivity contribution is 7.89. The highest BCUT2D eigenvalue weighted by atomic mass is 35.5. The van der Waals surface area contributed by atoms with E-state index in [9.17, 15) is 8.42 Å². The van der Waals surface area contributed by atoms with Gasteiger partial charge in [0.15, 0.2) is 11.5 Å². The monoisotopic (exact) mass is 447 g/mol. The van der Waals surface area contributed by atoms with Gasteiger partial charge in [-0.1, -0.05) is 11.6 Å². The Morgan fingerprint density at radius 1 is 1.03 bits per heavy atom. The lowest BCUT2D eigenvalue weighted by atomic mass is 10.00. The number of piperidine rings is 1. The minimum absolute atomic E-state index is 0.170. The molecule has 2 aliphatic rings. The molecule has 5 rings (SSSR count). The molecule has 3 heterocycles. The van der Waals surface area contributed by atoms with E-state index < -0.39 is 10.0 Å². The minimum Gasteiger partial charge on any atom is -0.454 e. The average molecular weight is 448 g/mol. The largest absolute Gasteiger partial charge is 0.454 e. The molecule has 0 N–H and O–H groups in total. The molecule has 1 fully saturated rings. The second-order valence-electron chi connectivity index (χ2n) is 7.17. The van der Waals surface area contributed by atoms with E-state index in [-0.39, 0.29) is 24.2 Å². The molecule has 3 aromatic rings. The molecule has 10 heteroatoms. The number of sulfonamides is 1. The first-order valence-electron chi connectivity index (χ1n) is 9.50. The molecular formula is C20H18ClN3O5S. The van der Waals surface area contributed by atoms with Crippen molar-refractivity contribution in [3.05, 3.63) is 53.4 Å². The maximum atomic E-state index is 13.0. The molecule has 156 valence electrons. The Labute approximate surface area is 178 Å². The highest BCUT2D eigenvalue weighted by Gasteiger charge is 2.33. The van der Waals surface area contributed by atoms with Crippen LogP contribution in [-0.2, 0) is 10.0 Å². The van der Waals surface area contributed by atoms with Crippen molar-refractivity contribution in [3.8, 4) is 23.0 Å². The van der Waals surface area contributed by atoms with Crippen LogP contribution in [0.2, 0.25) is 5.02 Å². The number of halogens is 1. The molecule has 1 atom stereocenters. The molecule has 0 bridgehead atoms. The lowest BCUT2D eigenvalue weighted by Gasteiger charge is -2.30. The summed E-state index contributed by atoms with van der Waals surface area (Å²) < 4.78 is 44.1. The molecule has 8 nitrogen and oxygen atoms in total. The van der Waals surface area contributed by atoms with Crippen LogP contribution in [0.1, 0.15) is 24.7 Å². The van der Waals surface area contributed by atoms with E-state index in [0.717, 1.165) is 12.0 Å². The first kappa shape index (κ1) is 19.3. The zero-order valence-corrected chi connectivity index (χ0v) is 17.4. The summed E-state index contributed by atoms with van der Waals surface area (Å²) in [5, 5.41) is 8.82. The standard InChI is InChI=1S/C20H18ClN3O5S/c21-15-4-6-16(7-5-15)30(25,26)24-9-1-2-14(11-24)20-23-22-19(29-20)13-3-8-17-18(10-13)28-12-27-17/h3-8,10,14H,1-2,9,11-12H2. The van der Waals surface area contributed by atoms with E-state index in [4.69, 9.17) is 25.5 Å². The Bertz CT molecular complexity index is 1180. The molecule has 2 aliphatic heterocycles. The topological polar surface area (TPSA) is 94.8 Å². The number of fused-ring (bicyclic) bond motifs is 1. The van der Waals surface area contributed by atoms with Crippen molar-refractivity contribution >= 4 is 21.6 Å². The van der Waals surface area contributed by atoms with Crippen LogP contribution in [0.3, 0.4) is 0 Å². The van der Waals surface area contributed by atoms with Crippen LogP contribution in [0.15, 0.2) is 51.8 Å². The van der Waals surface area contributed by atoms with Crippen LogP contribution < -0.4 is 9.47 Å². The molecule has 0 amide bonds. The van der Waals surface area contributed by atoms with Crippen molar-refractivity contribution in [2.24, 2.45) is 0 Å². The van der Waals surface area contributed by atoms with Gasteiger partial charge in [-0.3, -0.25) is 0 Å². The zero-order valence-electron chi connectivity index (χ0n) is 15.8. The maximum absolute atomic E-state index is 13.0. The summed E-state index contributed by atoms with van der Waals surface area (Å²) in [4.78, 5) is 0.221. The average Bonchev–Trinajstić information content (AvgIpc) is 3.43. The quantitative estimate of drug-likeness (QED) is 0.601. The molecule has 1 saturated heterocycles. The van der Waals surface area contributed by atoms with Gasteiger partial charge in [-0.2, -0.15) is 4.31 Å². The Kier molecular flexibility index (Phi) is 4.88. The highest BCUT2D eigenvalue weighted by Crippen LogP contribution is 2.36. The summed E-state index contributed by atoms with van der Waals surface area (Å²) >= 11 is 5.88. The molecule has 0 aliphatic carbocycles. The Morgan fingerprint density at radius 2 is 1.83 bits per heavy atom. The number of rotatable bonds is 4. The lowest BCUT2D eigenvalue weighted by Crippen LogP contribution is -2.39. The molecule has 0 spiro atoms. The van der Waals surface area contributed by atoms with Crippen molar-refractivity contribution in [2.45, 2.75) is 23.7 Å². The molecule has 0 radical (unpaired) electrons. The smallest absolute Gasteiger partial charge is 0.247 e. The number of hydrogen-bond acceptors (Lipinski definition) is 7. The van der Waals surface area contributed by atoms with Gasteiger partial charge in [-0.05, 0) is 55.3 Å². The maximum Gasteiger partial charge on any atom is 0.247 e. The van der Waals surface area contributed by atoms with E-state index in [2.05, 4.69) is 10.2 Å². The van der Waals surface area contributed by atoms with Crippen molar-refractivity contribution in [1.82, 2.24) is 14.5 Å². The number of aromatic nitrogens is 2. The summed E-state index contributed by atoms with van der Waals surface area (Å²) in [7, 11) is -3.62. The van der Waals surface area contributed by atoms with Crippen LogP contribution in [0.4, 0.5) is 0 Å². The van der Waals surface area contributed by atoms with Gasteiger partial charge < -0.3 is 13.9 Å².